The number of allylic oxidation sites excluding steroid dienone is 2. The summed E-state index contributed by atoms with van der Waals surface area (Å²) < 4.78 is 20.6. The number of rotatable bonds is 7. The second-order valence-electron chi connectivity index (χ2n) is 6.22. The molecule has 6 heteroatoms. The van der Waals surface area contributed by atoms with Gasteiger partial charge in [0.25, 0.3) is 0 Å². The van der Waals surface area contributed by atoms with Gasteiger partial charge in [0.2, 0.25) is 0 Å². The molecule has 1 aromatic rings. The lowest BCUT2D eigenvalue weighted by atomic mass is 9.93. The van der Waals surface area contributed by atoms with Gasteiger partial charge in [-0.05, 0) is 37.0 Å². The van der Waals surface area contributed by atoms with Crippen molar-refractivity contribution in [3.05, 3.63) is 28.8 Å². The summed E-state index contributed by atoms with van der Waals surface area (Å²) in [5.74, 6) is -0.641. The van der Waals surface area contributed by atoms with Gasteiger partial charge in [-0.15, -0.1) is 0 Å². The Bertz CT molecular complexity index is 718. The van der Waals surface area contributed by atoms with Crippen molar-refractivity contribution in [3.63, 3.8) is 0 Å². The van der Waals surface area contributed by atoms with Crippen LogP contribution in [0, 0.1) is 5.92 Å². The molecule has 0 fully saturated rings. The maximum Gasteiger partial charge on any atom is 0.320 e. The van der Waals surface area contributed by atoms with Crippen LogP contribution in [0.4, 0.5) is 0 Å². The molecule has 2 rings (SSSR count). The first kappa shape index (κ1) is 19.8. The van der Waals surface area contributed by atoms with Crippen molar-refractivity contribution in [1.29, 1.82) is 0 Å². The van der Waals surface area contributed by atoms with Crippen LogP contribution in [-0.2, 0) is 19.1 Å². The Balaban J connectivity index is 2.57. The van der Waals surface area contributed by atoms with Gasteiger partial charge >= 0.3 is 11.9 Å². The van der Waals surface area contributed by atoms with Crippen LogP contribution in [-0.4, -0.2) is 40.4 Å². The van der Waals surface area contributed by atoms with Crippen molar-refractivity contribution in [1.82, 2.24) is 0 Å². The summed E-state index contributed by atoms with van der Waals surface area (Å²) >= 11 is 0. The standard InChI is InChI=1S/C20H26O6/c1-7-13-11(2)14(10-16(19(21)25-5)20(22)26-6)15-8-12(23-3)9-17(24-4)18(13)15/h8-9,13,16H,7,10H2,1-6H3. The molecule has 1 aromatic carbocycles. The van der Waals surface area contributed by atoms with Crippen LogP contribution in [0.15, 0.2) is 17.7 Å². The summed E-state index contributed by atoms with van der Waals surface area (Å²) in [5, 5.41) is 0. The molecule has 0 heterocycles. The third-order valence-electron chi connectivity index (χ3n) is 5.03. The molecule has 0 aliphatic heterocycles. The average Bonchev–Trinajstić information content (AvgIpc) is 2.94. The maximum absolute atomic E-state index is 12.1. The summed E-state index contributed by atoms with van der Waals surface area (Å²) in [7, 11) is 5.75. The molecule has 1 unspecified atom stereocenters. The fourth-order valence-corrected chi connectivity index (χ4v) is 3.67. The first-order chi connectivity index (χ1) is 12.4. The molecule has 0 amide bonds. The Labute approximate surface area is 154 Å². The molecule has 1 atom stereocenters. The normalized spacial score (nSPS) is 15.7. The van der Waals surface area contributed by atoms with Crippen molar-refractivity contribution < 1.29 is 28.5 Å². The highest BCUT2D eigenvalue weighted by Crippen LogP contribution is 2.51. The first-order valence-corrected chi connectivity index (χ1v) is 8.54. The monoisotopic (exact) mass is 362 g/mol. The fraction of sp³-hybridized carbons (Fsp3) is 0.500. The van der Waals surface area contributed by atoms with Gasteiger partial charge in [0, 0.05) is 17.5 Å². The zero-order valence-corrected chi connectivity index (χ0v) is 16.2. The number of fused-ring (bicyclic) bond motifs is 1. The molecule has 0 N–H and O–H groups in total. The lowest BCUT2D eigenvalue weighted by Gasteiger charge is -2.17. The third kappa shape index (κ3) is 3.41. The molecule has 0 spiro atoms. The van der Waals surface area contributed by atoms with Gasteiger partial charge in [-0.3, -0.25) is 9.59 Å². The minimum Gasteiger partial charge on any atom is -0.497 e. The zero-order valence-electron chi connectivity index (χ0n) is 16.2. The highest BCUT2D eigenvalue weighted by atomic mass is 16.5. The number of carbonyl (C=O) groups excluding carboxylic acids is 2. The summed E-state index contributed by atoms with van der Waals surface area (Å²) in [5.41, 5.74) is 4.07. The Morgan fingerprint density at radius 1 is 1.04 bits per heavy atom. The minimum absolute atomic E-state index is 0.164. The third-order valence-corrected chi connectivity index (χ3v) is 5.03. The van der Waals surface area contributed by atoms with Gasteiger partial charge in [0.1, 0.15) is 11.5 Å². The van der Waals surface area contributed by atoms with E-state index in [0.717, 1.165) is 34.4 Å². The number of ether oxygens (including phenoxy) is 4. The van der Waals surface area contributed by atoms with E-state index in [0.29, 0.717) is 5.75 Å². The van der Waals surface area contributed by atoms with Gasteiger partial charge in [-0.1, -0.05) is 12.5 Å². The van der Waals surface area contributed by atoms with Gasteiger partial charge < -0.3 is 18.9 Å². The minimum atomic E-state index is -1.00. The number of esters is 2. The molecule has 0 saturated heterocycles. The van der Waals surface area contributed by atoms with E-state index in [2.05, 4.69) is 6.92 Å². The number of benzene rings is 1. The van der Waals surface area contributed by atoms with E-state index in [4.69, 9.17) is 18.9 Å². The van der Waals surface area contributed by atoms with Crippen LogP contribution >= 0.6 is 0 Å². The molecule has 26 heavy (non-hydrogen) atoms. The Kier molecular flexibility index (Phi) is 6.29. The fourth-order valence-electron chi connectivity index (χ4n) is 3.67. The summed E-state index contributed by atoms with van der Waals surface area (Å²) in [6.07, 6.45) is 1.09. The topological polar surface area (TPSA) is 71.1 Å². The molecule has 0 bridgehead atoms. The maximum atomic E-state index is 12.1. The second-order valence-corrected chi connectivity index (χ2v) is 6.22. The van der Waals surface area contributed by atoms with Gasteiger partial charge in [0.15, 0.2) is 5.92 Å². The molecule has 0 radical (unpaired) electrons. The van der Waals surface area contributed by atoms with Crippen molar-refractivity contribution in [2.45, 2.75) is 32.6 Å². The van der Waals surface area contributed by atoms with E-state index in [1.165, 1.54) is 14.2 Å². The van der Waals surface area contributed by atoms with Crippen molar-refractivity contribution in [2.24, 2.45) is 5.92 Å². The highest BCUT2D eigenvalue weighted by Gasteiger charge is 2.36. The van der Waals surface area contributed by atoms with Crippen LogP contribution in [0.25, 0.3) is 5.57 Å². The van der Waals surface area contributed by atoms with E-state index in [-0.39, 0.29) is 12.3 Å². The molecule has 1 aliphatic carbocycles. The van der Waals surface area contributed by atoms with Crippen molar-refractivity contribution in [3.8, 4) is 11.5 Å². The zero-order chi connectivity index (χ0) is 19.4. The summed E-state index contributed by atoms with van der Waals surface area (Å²) in [6.45, 7) is 4.13. The van der Waals surface area contributed by atoms with Gasteiger partial charge in [-0.2, -0.15) is 0 Å². The van der Waals surface area contributed by atoms with E-state index in [9.17, 15) is 9.59 Å². The van der Waals surface area contributed by atoms with Crippen molar-refractivity contribution in [2.75, 3.05) is 28.4 Å². The predicted molar refractivity (Wildman–Crippen MR) is 97.3 cm³/mol. The van der Waals surface area contributed by atoms with Crippen LogP contribution in [0.1, 0.15) is 43.7 Å². The average molecular weight is 362 g/mol. The lowest BCUT2D eigenvalue weighted by Crippen LogP contribution is -2.26. The Hall–Kier alpha value is -2.50. The highest BCUT2D eigenvalue weighted by molar-refractivity contribution is 5.97. The van der Waals surface area contributed by atoms with E-state index in [1.807, 2.05) is 19.1 Å². The predicted octanol–water partition coefficient (Wildman–Crippen LogP) is 3.34. The van der Waals surface area contributed by atoms with Gasteiger partial charge in [-0.25, -0.2) is 0 Å². The second kappa shape index (κ2) is 8.25. The quantitative estimate of drug-likeness (QED) is 0.547. The summed E-state index contributed by atoms with van der Waals surface area (Å²) in [6, 6.07) is 3.79. The number of hydrogen-bond donors (Lipinski definition) is 0. The Morgan fingerprint density at radius 2 is 1.65 bits per heavy atom. The molecule has 0 saturated carbocycles. The van der Waals surface area contributed by atoms with E-state index in [1.54, 1.807) is 14.2 Å². The molecule has 142 valence electrons. The number of hydrogen-bond acceptors (Lipinski definition) is 6. The number of methoxy groups -OCH3 is 4. The molecular formula is C20H26O6. The van der Waals surface area contributed by atoms with Gasteiger partial charge in [0.05, 0.1) is 28.4 Å². The van der Waals surface area contributed by atoms with Crippen LogP contribution < -0.4 is 9.47 Å². The van der Waals surface area contributed by atoms with Crippen LogP contribution in [0.3, 0.4) is 0 Å². The lowest BCUT2D eigenvalue weighted by molar-refractivity contribution is -0.158. The summed E-state index contributed by atoms with van der Waals surface area (Å²) in [4.78, 5) is 24.2. The van der Waals surface area contributed by atoms with Crippen LogP contribution in [0.5, 0.6) is 11.5 Å². The van der Waals surface area contributed by atoms with E-state index < -0.39 is 17.9 Å². The molecule has 1 aliphatic rings. The first-order valence-electron chi connectivity index (χ1n) is 8.54. The van der Waals surface area contributed by atoms with E-state index >= 15 is 0 Å². The largest absolute Gasteiger partial charge is 0.497 e. The Morgan fingerprint density at radius 3 is 2.12 bits per heavy atom. The smallest absolute Gasteiger partial charge is 0.320 e. The molecule has 0 aromatic heterocycles. The molecule has 6 nitrogen and oxygen atoms in total. The number of carbonyl (C=O) groups is 2. The molecular weight excluding hydrogens is 336 g/mol. The van der Waals surface area contributed by atoms with Crippen molar-refractivity contribution >= 4 is 17.5 Å². The van der Waals surface area contributed by atoms with Crippen LogP contribution in [0.2, 0.25) is 0 Å². The SMILES string of the molecule is CCC1C(C)=C(CC(C(=O)OC)C(=O)OC)c2cc(OC)cc(OC)c21.